The number of ether oxygens (including phenoxy) is 4. The van der Waals surface area contributed by atoms with Crippen LogP contribution in [0.3, 0.4) is 0 Å². The van der Waals surface area contributed by atoms with Crippen LogP contribution < -0.4 is 14.2 Å². The van der Waals surface area contributed by atoms with E-state index in [1.807, 2.05) is 6.07 Å². The Morgan fingerprint density at radius 1 is 1.09 bits per heavy atom. The van der Waals surface area contributed by atoms with Gasteiger partial charge in [0, 0.05) is 37.2 Å². The van der Waals surface area contributed by atoms with E-state index in [4.69, 9.17) is 18.9 Å². The number of hydrogen-bond acceptors (Lipinski definition) is 6. The second-order valence-electron chi connectivity index (χ2n) is 8.93. The Kier molecular flexibility index (Phi) is 6.61. The molecular formula is C28H31NO5. The van der Waals surface area contributed by atoms with Gasteiger partial charge >= 0.3 is 0 Å². The van der Waals surface area contributed by atoms with E-state index in [0.29, 0.717) is 26.3 Å². The van der Waals surface area contributed by atoms with Crippen molar-refractivity contribution in [1.82, 2.24) is 4.90 Å². The first-order valence-corrected chi connectivity index (χ1v) is 11.8. The van der Waals surface area contributed by atoms with Gasteiger partial charge in [0.1, 0.15) is 24.2 Å². The van der Waals surface area contributed by atoms with Gasteiger partial charge in [-0.1, -0.05) is 24.3 Å². The van der Waals surface area contributed by atoms with Gasteiger partial charge < -0.3 is 24.1 Å². The van der Waals surface area contributed by atoms with Crippen molar-refractivity contribution in [2.45, 2.75) is 32.5 Å². The molecule has 1 fully saturated rings. The fourth-order valence-corrected chi connectivity index (χ4v) is 4.65. The monoisotopic (exact) mass is 461 g/mol. The van der Waals surface area contributed by atoms with E-state index in [0.717, 1.165) is 53.5 Å². The summed E-state index contributed by atoms with van der Waals surface area (Å²) in [4.78, 5) is 2.28. The van der Waals surface area contributed by atoms with Crippen molar-refractivity contribution in [2.24, 2.45) is 0 Å². The lowest BCUT2D eigenvalue weighted by atomic mass is 9.97. The third-order valence-corrected chi connectivity index (χ3v) is 6.50. The summed E-state index contributed by atoms with van der Waals surface area (Å²) in [6.07, 6.45) is 0.915. The van der Waals surface area contributed by atoms with Gasteiger partial charge in [-0.25, -0.2) is 0 Å². The highest BCUT2D eigenvalue weighted by atomic mass is 16.6. The van der Waals surface area contributed by atoms with Crippen molar-refractivity contribution in [1.29, 1.82) is 0 Å². The van der Waals surface area contributed by atoms with Crippen molar-refractivity contribution in [2.75, 3.05) is 33.5 Å². The normalized spacial score (nSPS) is 18.1. The molecule has 6 heteroatoms. The van der Waals surface area contributed by atoms with Crippen LogP contribution in [-0.4, -0.2) is 49.6 Å². The summed E-state index contributed by atoms with van der Waals surface area (Å²) in [5.74, 6) is 2.58. The van der Waals surface area contributed by atoms with Crippen LogP contribution in [0.4, 0.5) is 0 Å². The highest BCUT2D eigenvalue weighted by Crippen LogP contribution is 2.40. The highest BCUT2D eigenvalue weighted by Gasteiger charge is 2.25. The number of aryl methyl sites for hydroxylation is 1. The number of benzene rings is 3. The number of methoxy groups -OCH3 is 1. The second kappa shape index (κ2) is 9.95. The van der Waals surface area contributed by atoms with Crippen LogP contribution in [0.25, 0.3) is 11.1 Å². The summed E-state index contributed by atoms with van der Waals surface area (Å²) in [5.41, 5.74) is 5.41. The summed E-state index contributed by atoms with van der Waals surface area (Å²) in [6, 6.07) is 18.0. The zero-order valence-corrected chi connectivity index (χ0v) is 19.8. The molecule has 6 nitrogen and oxygen atoms in total. The quantitative estimate of drug-likeness (QED) is 0.561. The van der Waals surface area contributed by atoms with E-state index in [9.17, 15) is 5.11 Å². The molecule has 2 heterocycles. The SMILES string of the molecule is COc1ccc(O)c(CN2CCOc3c(cc(-c4ccccc4C)cc3O[C@H]3CCOC3)C2)c1. The molecular weight excluding hydrogens is 430 g/mol. The Labute approximate surface area is 200 Å². The van der Waals surface area contributed by atoms with Crippen molar-refractivity contribution >= 4 is 0 Å². The molecule has 0 amide bonds. The van der Waals surface area contributed by atoms with Crippen molar-refractivity contribution in [3.63, 3.8) is 0 Å². The van der Waals surface area contributed by atoms with Crippen LogP contribution in [-0.2, 0) is 17.8 Å². The van der Waals surface area contributed by atoms with Crippen LogP contribution >= 0.6 is 0 Å². The maximum absolute atomic E-state index is 10.4. The molecule has 1 saturated heterocycles. The zero-order valence-electron chi connectivity index (χ0n) is 19.8. The van der Waals surface area contributed by atoms with E-state index in [1.165, 1.54) is 11.1 Å². The largest absolute Gasteiger partial charge is 0.508 e. The van der Waals surface area contributed by atoms with Crippen LogP contribution in [0.5, 0.6) is 23.0 Å². The molecule has 5 rings (SSSR count). The van der Waals surface area contributed by atoms with Gasteiger partial charge in [-0.3, -0.25) is 4.90 Å². The van der Waals surface area contributed by atoms with E-state index in [1.54, 1.807) is 19.2 Å². The molecule has 178 valence electrons. The number of phenols is 1. The second-order valence-corrected chi connectivity index (χ2v) is 8.93. The number of hydrogen-bond donors (Lipinski definition) is 1. The van der Waals surface area contributed by atoms with Gasteiger partial charge in [-0.15, -0.1) is 0 Å². The van der Waals surface area contributed by atoms with Crippen molar-refractivity contribution < 1.29 is 24.1 Å². The maximum Gasteiger partial charge on any atom is 0.165 e. The minimum atomic E-state index is 0.0351. The van der Waals surface area contributed by atoms with Crippen molar-refractivity contribution in [3.05, 3.63) is 71.3 Å². The standard InChI is InChI=1S/C28H31NO5/c1-19-5-3-4-6-25(19)20-13-22-17-29(16-21-14-23(31-2)7-8-26(21)30)10-12-33-28(22)27(15-20)34-24-9-11-32-18-24/h3-8,13-15,24,30H,9-12,16-18H2,1-2H3/t24-/m0/s1. The minimum Gasteiger partial charge on any atom is -0.508 e. The van der Waals surface area contributed by atoms with Gasteiger partial charge in [0.2, 0.25) is 0 Å². The molecule has 3 aromatic carbocycles. The molecule has 0 saturated carbocycles. The molecule has 0 unspecified atom stereocenters. The predicted octanol–water partition coefficient (Wildman–Crippen LogP) is 4.94. The summed E-state index contributed by atoms with van der Waals surface area (Å²) < 4.78 is 23.6. The van der Waals surface area contributed by atoms with Gasteiger partial charge in [0.15, 0.2) is 11.5 Å². The Bertz CT molecular complexity index is 1160. The molecule has 2 aliphatic rings. The van der Waals surface area contributed by atoms with E-state index in [2.05, 4.69) is 48.2 Å². The topological polar surface area (TPSA) is 60.4 Å². The summed E-state index contributed by atoms with van der Waals surface area (Å²) in [6.45, 7) is 6.00. The Hall–Kier alpha value is -3.22. The number of phenolic OH excluding ortho intramolecular Hbond substituents is 1. The fourth-order valence-electron chi connectivity index (χ4n) is 4.65. The smallest absolute Gasteiger partial charge is 0.165 e. The Balaban J connectivity index is 1.50. The lowest BCUT2D eigenvalue weighted by Gasteiger charge is -2.21. The van der Waals surface area contributed by atoms with Gasteiger partial charge in [0.25, 0.3) is 0 Å². The Morgan fingerprint density at radius 2 is 1.97 bits per heavy atom. The molecule has 1 N–H and O–H groups in total. The first-order valence-electron chi connectivity index (χ1n) is 11.8. The first-order chi connectivity index (χ1) is 16.6. The third-order valence-electron chi connectivity index (χ3n) is 6.50. The van der Waals surface area contributed by atoms with E-state index < -0.39 is 0 Å². The number of rotatable bonds is 6. The van der Waals surface area contributed by atoms with E-state index in [-0.39, 0.29) is 11.9 Å². The molecule has 0 aromatic heterocycles. The van der Waals surface area contributed by atoms with Crippen LogP contribution in [0.1, 0.15) is 23.1 Å². The summed E-state index contributed by atoms with van der Waals surface area (Å²) >= 11 is 0. The van der Waals surface area contributed by atoms with Crippen LogP contribution in [0, 0.1) is 6.92 Å². The molecule has 0 aliphatic carbocycles. The number of nitrogens with zero attached hydrogens (tertiary/aromatic N) is 1. The predicted molar refractivity (Wildman–Crippen MR) is 131 cm³/mol. The maximum atomic E-state index is 10.4. The van der Waals surface area contributed by atoms with E-state index >= 15 is 0 Å². The van der Waals surface area contributed by atoms with Crippen LogP contribution in [0.2, 0.25) is 0 Å². The molecule has 0 bridgehead atoms. The zero-order chi connectivity index (χ0) is 23.5. The molecule has 0 spiro atoms. The van der Waals surface area contributed by atoms with Crippen molar-refractivity contribution in [3.8, 4) is 34.1 Å². The first kappa shape index (κ1) is 22.6. The van der Waals surface area contributed by atoms with Crippen LogP contribution in [0.15, 0.2) is 54.6 Å². The molecule has 1 atom stereocenters. The highest BCUT2D eigenvalue weighted by molar-refractivity contribution is 5.72. The lowest BCUT2D eigenvalue weighted by molar-refractivity contribution is 0.137. The molecule has 0 radical (unpaired) electrons. The molecule has 2 aliphatic heterocycles. The molecule has 34 heavy (non-hydrogen) atoms. The Morgan fingerprint density at radius 3 is 2.76 bits per heavy atom. The third kappa shape index (κ3) is 4.83. The number of aromatic hydroxyl groups is 1. The number of fused-ring (bicyclic) bond motifs is 1. The fraction of sp³-hybridized carbons (Fsp3) is 0.357. The minimum absolute atomic E-state index is 0.0351. The summed E-state index contributed by atoms with van der Waals surface area (Å²) in [7, 11) is 1.64. The van der Waals surface area contributed by atoms with Gasteiger partial charge in [-0.2, -0.15) is 0 Å². The van der Waals surface area contributed by atoms with Gasteiger partial charge in [-0.05, 0) is 53.9 Å². The average Bonchev–Trinajstić information content (AvgIpc) is 3.26. The lowest BCUT2D eigenvalue weighted by Crippen LogP contribution is -2.25. The van der Waals surface area contributed by atoms with Gasteiger partial charge in [0.05, 0.1) is 20.3 Å². The molecule has 3 aromatic rings. The average molecular weight is 462 g/mol. The summed E-state index contributed by atoms with van der Waals surface area (Å²) in [5, 5.41) is 10.4.